The number of nitrogens with zero attached hydrogens (tertiary/aromatic N) is 1. The highest BCUT2D eigenvalue weighted by molar-refractivity contribution is 5.50. The van der Waals surface area contributed by atoms with Crippen LogP contribution in [0.4, 0.5) is 5.69 Å². The van der Waals surface area contributed by atoms with Crippen LogP contribution in [0.1, 0.15) is 12.5 Å². The normalized spacial score (nSPS) is 9.92. The summed E-state index contributed by atoms with van der Waals surface area (Å²) in [6.45, 7) is 2.07. The van der Waals surface area contributed by atoms with Crippen LogP contribution in [0.5, 0.6) is 0 Å². The topological polar surface area (TPSA) is 36.1 Å². The maximum Gasteiger partial charge on any atom is 0.250 e. The lowest BCUT2D eigenvalue weighted by Gasteiger charge is -2.15. The molecule has 0 spiro atoms. The molecule has 0 aromatic carbocycles. The molecule has 12 heavy (non-hydrogen) atoms. The van der Waals surface area contributed by atoms with E-state index in [0.717, 1.165) is 12.1 Å². The number of hydrogen-bond donors (Lipinski definition) is 1. The van der Waals surface area contributed by atoms with Crippen LogP contribution in [0.2, 0.25) is 0 Å². The molecular weight excluding hydrogens is 152 g/mol. The smallest absolute Gasteiger partial charge is 0.250 e. The fraction of sp³-hybridized carbons (Fsp3) is 0.444. The summed E-state index contributed by atoms with van der Waals surface area (Å²) in [5.74, 6) is 0. The molecular formula is C9H14N2O. The van der Waals surface area contributed by atoms with Crippen LogP contribution in [-0.2, 0) is 6.42 Å². The van der Waals surface area contributed by atoms with E-state index in [1.807, 2.05) is 19.0 Å². The average molecular weight is 166 g/mol. The lowest BCUT2D eigenvalue weighted by molar-refractivity contribution is 1.03. The first kappa shape index (κ1) is 8.84. The Labute approximate surface area is 72.0 Å². The molecule has 1 heterocycles. The molecule has 0 saturated heterocycles. The quantitative estimate of drug-likeness (QED) is 0.711. The minimum Gasteiger partial charge on any atom is -0.377 e. The zero-order valence-electron chi connectivity index (χ0n) is 7.72. The van der Waals surface area contributed by atoms with Gasteiger partial charge >= 0.3 is 0 Å². The van der Waals surface area contributed by atoms with Gasteiger partial charge in [-0.05, 0) is 12.0 Å². The molecule has 3 nitrogen and oxygen atoms in total. The van der Waals surface area contributed by atoms with Crippen LogP contribution < -0.4 is 10.5 Å². The van der Waals surface area contributed by atoms with E-state index in [2.05, 4.69) is 11.9 Å². The molecule has 0 aliphatic heterocycles. The SMILES string of the molecule is CCc1c[nH]c(=O)cc1N(C)C. The lowest BCUT2D eigenvalue weighted by atomic mass is 10.2. The van der Waals surface area contributed by atoms with Crippen LogP contribution in [0, 0.1) is 0 Å². The summed E-state index contributed by atoms with van der Waals surface area (Å²) in [4.78, 5) is 15.6. The summed E-state index contributed by atoms with van der Waals surface area (Å²) in [5.41, 5.74) is 2.12. The molecule has 1 aromatic rings. The van der Waals surface area contributed by atoms with Crippen molar-refractivity contribution in [2.75, 3.05) is 19.0 Å². The Morgan fingerprint density at radius 2 is 2.17 bits per heavy atom. The maximum absolute atomic E-state index is 11.0. The Hall–Kier alpha value is -1.25. The van der Waals surface area contributed by atoms with E-state index in [4.69, 9.17) is 0 Å². The number of aromatic amines is 1. The Kier molecular flexibility index (Phi) is 2.53. The first-order valence-corrected chi connectivity index (χ1v) is 4.04. The van der Waals surface area contributed by atoms with Gasteiger partial charge in [0.05, 0.1) is 0 Å². The summed E-state index contributed by atoms with van der Waals surface area (Å²) in [6, 6.07) is 1.62. The van der Waals surface area contributed by atoms with Gasteiger partial charge in [-0.15, -0.1) is 0 Å². The molecule has 0 aliphatic carbocycles. The van der Waals surface area contributed by atoms with Gasteiger partial charge in [-0.25, -0.2) is 0 Å². The van der Waals surface area contributed by atoms with Crippen molar-refractivity contribution in [2.45, 2.75) is 13.3 Å². The van der Waals surface area contributed by atoms with Crippen molar-refractivity contribution in [3.05, 3.63) is 28.2 Å². The summed E-state index contributed by atoms with van der Waals surface area (Å²) >= 11 is 0. The fourth-order valence-corrected chi connectivity index (χ4v) is 1.19. The van der Waals surface area contributed by atoms with E-state index in [0.29, 0.717) is 0 Å². The second kappa shape index (κ2) is 3.43. The zero-order valence-corrected chi connectivity index (χ0v) is 7.72. The molecule has 1 rings (SSSR count). The van der Waals surface area contributed by atoms with Crippen LogP contribution >= 0.6 is 0 Å². The summed E-state index contributed by atoms with van der Waals surface area (Å²) in [5, 5.41) is 0. The number of aromatic nitrogens is 1. The molecule has 0 aliphatic rings. The summed E-state index contributed by atoms with van der Waals surface area (Å²) in [6.07, 6.45) is 2.71. The third-order valence-corrected chi connectivity index (χ3v) is 1.85. The number of aryl methyl sites for hydroxylation is 1. The molecule has 66 valence electrons. The predicted octanol–water partition coefficient (Wildman–Crippen LogP) is 1.00. The van der Waals surface area contributed by atoms with Gasteiger partial charge < -0.3 is 9.88 Å². The van der Waals surface area contributed by atoms with Crippen LogP contribution in [0.25, 0.3) is 0 Å². The second-order valence-electron chi connectivity index (χ2n) is 2.96. The highest BCUT2D eigenvalue weighted by atomic mass is 16.1. The number of hydrogen-bond acceptors (Lipinski definition) is 2. The van der Waals surface area contributed by atoms with E-state index in [-0.39, 0.29) is 5.56 Å². The molecule has 0 amide bonds. The average Bonchev–Trinajstić information content (AvgIpc) is 2.04. The third-order valence-electron chi connectivity index (χ3n) is 1.85. The largest absolute Gasteiger partial charge is 0.377 e. The van der Waals surface area contributed by atoms with Crippen LogP contribution in [-0.4, -0.2) is 19.1 Å². The Bertz CT molecular complexity index is 315. The number of anilines is 1. The molecule has 0 bridgehead atoms. The maximum atomic E-state index is 11.0. The lowest BCUT2D eigenvalue weighted by Crippen LogP contribution is -2.15. The molecule has 0 fully saturated rings. The number of rotatable bonds is 2. The molecule has 0 saturated carbocycles. The fourth-order valence-electron chi connectivity index (χ4n) is 1.19. The van der Waals surface area contributed by atoms with E-state index in [1.54, 1.807) is 12.3 Å². The molecule has 1 aromatic heterocycles. The molecule has 1 N–H and O–H groups in total. The molecule has 3 heteroatoms. The van der Waals surface area contributed by atoms with E-state index in [1.165, 1.54) is 5.56 Å². The van der Waals surface area contributed by atoms with E-state index < -0.39 is 0 Å². The highest BCUT2D eigenvalue weighted by Gasteiger charge is 2.02. The van der Waals surface area contributed by atoms with Gasteiger partial charge in [0, 0.05) is 32.0 Å². The minimum absolute atomic E-state index is 0.0455. The van der Waals surface area contributed by atoms with Gasteiger partial charge in [-0.2, -0.15) is 0 Å². The van der Waals surface area contributed by atoms with Crippen molar-refractivity contribution in [3.8, 4) is 0 Å². The summed E-state index contributed by atoms with van der Waals surface area (Å²) in [7, 11) is 3.88. The van der Waals surface area contributed by atoms with Gasteiger partial charge in [0.2, 0.25) is 5.56 Å². The van der Waals surface area contributed by atoms with Crippen molar-refractivity contribution in [2.24, 2.45) is 0 Å². The number of H-pyrrole nitrogens is 1. The summed E-state index contributed by atoms with van der Waals surface area (Å²) < 4.78 is 0. The van der Waals surface area contributed by atoms with Gasteiger partial charge in [0.25, 0.3) is 0 Å². The van der Waals surface area contributed by atoms with Crippen LogP contribution in [0.15, 0.2) is 17.1 Å². The van der Waals surface area contributed by atoms with Gasteiger partial charge in [0.15, 0.2) is 0 Å². The van der Waals surface area contributed by atoms with Gasteiger partial charge in [0.1, 0.15) is 0 Å². The molecule has 0 unspecified atom stereocenters. The molecule has 0 atom stereocenters. The molecule has 0 radical (unpaired) electrons. The van der Waals surface area contributed by atoms with Crippen molar-refractivity contribution < 1.29 is 0 Å². The highest BCUT2D eigenvalue weighted by Crippen LogP contribution is 2.14. The van der Waals surface area contributed by atoms with Gasteiger partial charge in [-0.3, -0.25) is 4.79 Å². The van der Waals surface area contributed by atoms with Crippen molar-refractivity contribution in [3.63, 3.8) is 0 Å². The first-order chi connectivity index (χ1) is 5.65. The first-order valence-electron chi connectivity index (χ1n) is 4.04. The predicted molar refractivity (Wildman–Crippen MR) is 50.8 cm³/mol. The van der Waals surface area contributed by atoms with E-state index in [9.17, 15) is 4.79 Å². The monoisotopic (exact) mass is 166 g/mol. The Morgan fingerprint density at radius 3 is 2.67 bits per heavy atom. The van der Waals surface area contributed by atoms with Gasteiger partial charge in [-0.1, -0.05) is 6.92 Å². The van der Waals surface area contributed by atoms with Crippen molar-refractivity contribution in [1.82, 2.24) is 4.98 Å². The van der Waals surface area contributed by atoms with Crippen LogP contribution in [0.3, 0.4) is 0 Å². The van der Waals surface area contributed by atoms with Crippen molar-refractivity contribution >= 4 is 5.69 Å². The third kappa shape index (κ3) is 1.67. The number of nitrogens with one attached hydrogen (secondary N) is 1. The standard InChI is InChI=1S/C9H14N2O/c1-4-7-6-10-9(12)5-8(7)11(2)3/h5-6H,4H2,1-3H3,(H,10,12). The minimum atomic E-state index is -0.0455. The zero-order chi connectivity index (χ0) is 9.14. The second-order valence-corrected chi connectivity index (χ2v) is 2.96. The van der Waals surface area contributed by atoms with E-state index >= 15 is 0 Å². The van der Waals surface area contributed by atoms with Crippen molar-refractivity contribution in [1.29, 1.82) is 0 Å². The Balaban J connectivity index is 3.21. The number of pyridine rings is 1. The Morgan fingerprint density at radius 1 is 1.50 bits per heavy atom.